The van der Waals surface area contributed by atoms with Crippen LogP contribution in [-0.4, -0.2) is 62.8 Å². The SMILES string of the molecule is O=C1CN(C(=O)Cc2ccc3c(c2)OCCCO3)CCOCCOc2ccccc2Oc2ccc(Cl)cc2N1. The zero-order valence-electron chi connectivity index (χ0n) is 21.3. The fraction of sp³-hybridized carbons (Fsp3) is 0.310. The second-order valence-electron chi connectivity index (χ2n) is 9.02. The monoisotopic (exact) mass is 552 g/mol. The predicted octanol–water partition coefficient (Wildman–Crippen LogP) is 4.71. The van der Waals surface area contributed by atoms with Crippen LogP contribution in [0, 0.1) is 0 Å². The van der Waals surface area contributed by atoms with Crippen LogP contribution in [0.5, 0.6) is 28.7 Å². The summed E-state index contributed by atoms with van der Waals surface area (Å²) in [7, 11) is 0. The van der Waals surface area contributed by atoms with Crippen molar-refractivity contribution in [3.8, 4) is 28.7 Å². The summed E-state index contributed by atoms with van der Waals surface area (Å²) in [6.07, 6.45) is 0.885. The van der Waals surface area contributed by atoms with E-state index in [4.69, 9.17) is 35.3 Å². The van der Waals surface area contributed by atoms with Crippen LogP contribution in [0.25, 0.3) is 0 Å². The molecule has 0 bridgehead atoms. The molecular weight excluding hydrogens is 524 g/mol. The van der Waals surface area contributed by atoms with E-state index < -0.39 is 5.91 Å². The fourth-order valence-corrected chi connectivity index (χ4v) is 4.38. The van der Waals surface area contributed by atoms with Crippen LogP contribution in [0.3, 0.4) is 0 Å². The lowest BCUT2D eigenvalue weighted by atomic mass is 10.1. The minimum Gasteiger partial charge on any atom is -0.490 e. The molecule has 2 aliphatic rings. The number of benzene rings is 3. The summed E-state index contributed by atoms with van der Waals surface area (Å²) in [5.41, 5.74) is 1.14. The maximum Gasteiger partial charge on any atom is 0.244 e. The lowest BCUT2D eigenvalue weighted by Gasteiger charge is -2.23. The van der Waals surface area contributed by atoms with E-state index in [2.05, 4.69) is 5.32 Å². The standard InChI is InChI=1S/C29H29ClN2O7/c30-21-7-9-23-22(18-21)31-28(33)19-32(10-13-35-14-15-38-24-4-1-2-5-26(24)39-23)29(34)17-20-6-8-25-27(16-20)37-12-3-11-36-25/h1-2,4-9,16,18H,3,10-15,17,19H2,(H,31,33). The number of ether oxygens (including phenoxy) is 5. The molecule has 0 spiro atoms. The van der Waals surface area contributed by atoms with Gasteiger partial charge in [-0.15, -0.1) is 0 Å². The maximum absolute atomic E-state index is 13.3. The second kappa shape index (κ2) is 12.7. The van der Waals surface area contributed by atoms with Crippen LogP contribution in [0.2, 0.25) is 5.02 Å². The van der Waals surface area contributed by atoms with Crippen molar-refractivity contribution in [3.63, 3.8) is 0 Å². The highest BCUT2D eigenvalue weighted by Crippen LogP contribution is 2.36. The second-order valence-corrected chi connectivity index (χ2v) is 9.46. The summed E-state index contributed by atoms with van der Waals surface area (Å²) in [6, 6.07) is 17.6. The zero-order chi connectivity index (χ0) is 27.0. The molecule has 0 fully saturated rings. The van der Waals surface area contributed by atoms with Crippen molar-refractivity contribution in [1.29, 1.82) is 0 Å². The highest BCUT2D eigenvalue weighted by molar-refractivity contribution is 6.31. The van der Waals surface area contributed by atoms with Crippen molar-refractivity contribution in [2.24, 2.45) is 0 Å². The highest BCUT2D eigenvalue weighted by atomic mass is 35.5. The first-order valence-corrected chi connectivity index (χ1v) is 13.2. The number of anilines is 1. The van der Waals surface area contributed by atoms with Gasteiger partial charge in [-0.2, -0.15) is 0 Å². The smallest absolute Gasteiger partial charge is 0.244 e. The van der Waals surface area contributed by atoms with E-state index >= 15 is 0 Å². The fourth-order valence-electron chi connectivity index (χ4n) is 4.21. The summed E-state index contributed by atoms with van der Waals surface area (Å²) in [6.45, 7) is 2.03. The van der Waals surface area contributed by atoms with E-state index in [-0.39, 0.29) is 38.6 Å². The number of hydrogen-bond donors (Lipinski definition) is 1. The number of carbonyl (C=O) groups excluding carboxylic acids is 2. The average Bonchev–Trinajstić information content (AvgIpc) is 3.17. The van der Waals surface area contributed by atoms with E-state index in [0.717, 1.165) is 12.0 Å². The van der Waals surface area contributed by atoms with Gasteiger partial charge in [-0.3, -0.25) is 9.59 Å². The van der Waals surface area contributed by atoms with E-state index in [9.17, 15) is 9.59 Å². The van der Waals surface area contributed by atoms with Crippen molar-refractivity contribution >= 4 is 29.1 Å². The molecule has 5 rings (SSSR count). The average molecular weight is 553 g/mol. The third-order valence-electron chi connectivity index (χ3n) is 6.13. The number of carbonyl (C=O) groups is 2. The number of nitrogens with one attached hydrogen (secondary N) is 1. The van der Waals surface area contributed by atoms with Gasteiger partial charge in [0.1, 0.15) is 6.61 Å². The molecule has 1 N–H and O–H groups in total. The van der Waals surface area contributed by atoms with Gasteiger partial charge < -0.3 is 33.9 Å². The van der Waals surface area contributed by atoms with Crippen LogP contribution in [0.4, 0.5) is 5.69 Å². The van der Waals surface area contributed by atoms with Gasteiger partial charge in [-0.25, -0.2) is 0 Å². The Kier molecular flexibility index (Phi) is 8.70. The molecule has 0 unspecified atom stereocenters. The highest BCUT2D eigenvalue weighted by Gasteiger charge is 2.21. The number of fused-ring (bicyclic) bond motifs is 3. The lowest BCUT2D eigenvalue weighted by molar-refractivity contribution is -0.134. The van der Waals surface area contributed by atoms with Crippen molar-refractivity contribution < 1.29 is 33.3 Å². The normalized spacial score (nSPS) is 16.1. The summed E-state index contributed by atoms with van der Waals surface area (Å²) in [4.78, 5) is 27.9. The summed E-state index contributed by atoms with van der Waals surface area (Å²) in [5, 5.41) is 3.26. The van der Waals surface area contributed by atoms with Gasteiger partial charge in [-0.1, -0.05) is 29.8 Å². The van der Waals surface area contributed by atoms with Crippen LogP contribution in [0.1, 0.15) is 12.0 Å². The van der Waals surface area contributed by atoms with Crippen molar-refractivity contribution in [2.45, 2.75) is 12.8 Å². The minimum atomic E-state index is -0.395. The topological polar surface area (TPSA) is 95.6 Å². The molecule has 0 radical (unpaired) electrons. The minimum absolute atomic E-state index is 0.0911. The molecule has 0 atom stereocenters. The molecular formula is C29H29ClN2O7. The number of hydrogen-bond acceptors (Lipinski definition) is 7. The van der Waals surface area contributed by atoms with Gasteiger partial charge in [0, 0.05) is 18.0 Å². The third-order valence-corrected chi connectivity index (χ3v) is 6.37. The largest absolute Gasteiger partial charge is 0.490 e. The van der Waals surface area contributed by atoms with Gasteiger partial charge in [0.15, 0.2) is 28.7 Å². The molecule has 2 aliphatic heterocycles. The number of halogens is 1. The van der Waals surface area contributed by atoms with Crippen molar-refractivity contribution in [1.82, 2.24) is 4.90 Å². The van der Waals surface area contributed by atoms with Gasteiger partial charge >= 0.3 is 0 Å². The first-order valence-electron chi connectivity index (χ1n) is 12.8. The molecule has 204 valence electrons. The number of rotatable bonds is 2. The Balaban J connectivity index is 1.34. The first-order chi connectivity index (χ1) is 19.0. The maximum atomic E-state index is 13.3. The third kappa shape index (κ3) is 7.13. The summed E-state index contributed by atoms with van der Waals surface area (Å²) in [5.74, 6) is 2.07. The Morgan fingerprint density at radius 2 is 1.56 bits per heavy atom. The molecule has 3 aromatic carbocycles. The van der Waals surface area contributed by atoms with E-state index in [1.807, 2.05) is 30.3 Å². The van der Waals surface area contributed by atoms with Crippen LogP contribution >= 0.6 is 11.6 Å². The quantitative estimate of drug-likeness (QED) is 0.492. The number of nitrogens with zero attached hydrogens (tertiary/aromatic N) is 1. The Morgan fingerprint density at radius 1 is 0.821 bits per heavy atom. The van der Waals surface area contributed by atoms with Crippen molar-refractivity contribution in [3.05, 3.63) is 71.2 Å². The molecule has 39 heavy (non-hydrogen) atoms. The molecule has 9 nitrogen and oxygen atoms in total. The zero-order valence-corrected chi connectivity index (χ0v) is 22.1. The lowest BCUT2D eigenvalue weighted by Crippen LogP contribution is -2.41. The predicted molar refractivity (Wildman–Crippen MR) is 145 cm³/mol. The van der Waals surface area contributed by atoms with E-state index in [0.29, 0.717) is 59.3 Å². The molecule has 3 aromatic rings. The van der Waals surface area contributed by atoms with Crippen molar-refractivity contribution in [2.75, 3.05) is 51.4 Å². The molecule has 10 heteroatoms. The van der Waals surface area contributed by atoms with Gasteiger partial charge in [-0.05, 0) is 48.0 Å². The molecule has 2 heterocycles. The first kappa shape index (κ1) is 26.6. The number of amides is 2. The Morgan fingerprint density at radius 3 is 2.44 bits per heavy atom. The van der Waals surface area contributed by atoms with E-state index in [1.54, 1.807) is 30.3 Å². The van der Waals surface area contributed by atoms with Gasteiger partial charge in [0.25, 0.3) is 0 Å². The van der Waals surface area contributed by atoms with Gasteiger partial charge in [0.2, 0.25) is 11.8 Å². The molecule has 0 aliphatic carbocycles. The van der Waals surface area contributed by atoms with Crippen LogP contribution < -0.4 is 24.3 Å². The summed E-state index contributed by atoms with van der Waals surface area (Å²) < 4.78 is 29.1. The molecule has 0 saturated heterocycles. The van der Waals surface area contributed by atoms with E-state index in [1.165, 1.54) is 4.90 Å². The molecule has 0 saturated carbocycles. The van der Waals surface area contributed by atoms with Crippen LogP contribution in [0.15, 0.2) is 60.7 Å². The Bertz CT molecular complexity index is 1330. The molecule has 0 aromatic heterocycles. The summed E-state index contributed by atoms with van der Waals surface area (Å²) >= 11 is 6.22. The Hall–Kier alpha value is -3.95. The van der Waals surface area contributed by atoms with Crippen LogP contribution in [-0.2, 0) is 20.7 Å². The number of para-hydroxylation sites is 2. The molecule has 2 amide bonds. The Labute approximate surface area is 231 Å². The van der Waals surface area contributed by atoms with Gasteiger partial charge in [0.05, 0.1) is 45.1 Å².